The van der Waals surface area contributed by atoms with Crippen LogP contribution >= 0.6 is 0 Å². The highest BCUT2D eigenvalue weighted by atomic mass is 32.2. The first-order valence-electron chi connectivity index (χ1n) is 6.19. The van der Waals surface area contributed by atoms with Crippen molar-refractivity contribution < 1.29 is 22.9 Å². The number of carbonyl (C=O) groups excluding carboxylic acids is 1. The summed E-state index contributed by atoms with van der Waals surface area (Å²) in [5, 5.41) is 10.9. The van der Waals surface area contributed by atoms with Gasteiger partial charge in [-0.05, 0) is 19.4 Å². The maximum atomic E-state index is 12.1. The molecule has 0 atom stereocenters. The van der Waals surface area contributed by atoms with Crippen LogP contribution in [0.15, 0.2) is 23.1 Å². The third-order valence-electron chi connectivity index (χ3n) is 2.58. The van der Waals surface area contributed by atoms with Gasteiger partial charge in [-0.15, -0.1) is 0 Å². The molecule has 1 aromatic rings. The summed E-state index contributed by atoms with van der Waals surface area (Å²) in [6.07, 6.45) is -0.146. The molecule has 1 rings (SSSR count). The second-order valence-electron chi connectivity index (χ2n) is 4.13. The van der Waals surface area contributed by atoms with Gasteiger partial charge in [0.2, 0.25) is 10.0 Å². The van der Waals surface area contributed by atoms with E-state index < -0.39 is 26.6 Å². The monoisotopic (exact) mass is 316 g/mol. The normalized spacial score (nSPS) is 11.1. The number of hydrogen-bond donors (Lipinski definition) is 1. The third-order valence-corrected chi connectivity index (χ3v) is 4.24. The van der Waals surface area contributed by atoms with Crippen molar-refractivity contribution in [3.8, 4) is 0 Å². The van der Waals surface area contributed by atoms with Gasteiger partial charge < -0.3 is 4.74 Å². The number of rotatable bonds is 7. The molecular formula is C12H16N2O6S. The zero-order chi connectivity index (χ0) is 16.0. The van der Waals surface area contributed by atoms with E-state index in [1.807, 2.05) is 0 Å². The van der Waals surface area contributed by atoms with E-state index in [9.17, 15) is 23.3 Å². The summed E-state index contributed by atoms with van der Waals surface area (Å²) < 4.78 is 31.1. The molecule has 0 heterocycles. The lowest BCUT2D eigenvalue weighted by molar-refractivity contribution is -0.387. The van der Waals surface area contributed by atoms with Crippen LogP contribution in [0.5, 0.6) is 0 Å². The van der Waals surface area contributed by atoms with Crippen LogP contribution in [0.3, 0.4) is 0 Å². The Morgan fingerprint density at radius 2 is 2.10 bits per heavy atom. The Morgan fingerprint density at radius 1 is 1.43 bits per heavy atom. The average Bonchev–Trinajstić information content (AvgIpc) is 2.38. The highest BCUT2D eigenvalue weighted by Crippen LogP contribution is 2.26. The number of carbonyl (C=O) groups is 1. The SMILES string of the molecule is CCOC(=O)CCNS(=O)(=O)c1c(C)cccc1[N+](=O)[O-]. The quantitative estimate of drug-likeness (QED) is 0.458. The van der Waals surface area contributed by atoms with Gasteiger partial charge in [0.1, 0.15) is 0 Å². The van der Waals surface area contributed by atoms with Crippen molar-refractivity contribution in [2.24, 2.45) is 0 Å². The molecule has 0 aliphatic carbocycles. The number of nitro groups is 1. The van der Waals surface area contributed by atoms with E-state index >= 15 is 0 Å². The lowest BCUT2D eigenvalue weighted by Crippen LogP contribution is -2.28. The predicted molar refractivity (Wildman–Crippen MR) is 74.3 cm³/mol. The van der Waals surface area contributed by atoms with Crippen LogP contribution in [-0.2, 0) is 19.6 Å². The first kappa shape index (κ1) is 17.1. The minimum Gasteiger partial charge on any atom is -0.466 e. The second kappa shape index (κ2) is 7.14. The molecule has 0 aliphatic heterocycles. The Balaban J connectivity index is 2.94. The molecular weight excluding hydrogens is 300 g/mol. The first-order chi connectivity index (χ1) is 9.79. The number of nitrogens with one attached hydrogen (secondary N) is 1. The minimum atomic E-state index is -4.08. The summed E-state index contributed by atoms with van der Waals surface area (Å²) in [5.41, 5.74) is -0.244. The number of aryl methyl sites for hydroxylation is 1. The standard InChI is InChI=1S/C12H16N2O6S/c1-3-20-11(15)7-8-13-21(18,19)12-9(2)5-4-6-10(12)14(16)17/h4-6,13H,3,7-8H2,1-2H3. The summed E-state index contributed by atoms with van der Waals surface area (Å²) in [6.45, 7) is 3.12. The molecule has 1 aromatic carbocycles. The molecule has 0 bridgehead atoms. The van der Waals surface area contributed by atoms with E-state index in [0.29, 0.717) is 0 Å². The maximum Gasteiger partial charge on any atom is 0.307 e. The van der Waals surface area contributed by atoms with E-state index in [2.05, 4.69) is 9.46 Å². The Morgan fingerprint density at radius 3 is 2.67 bits per heavy atom. The molecule has 21 heavy (non-hydrogen) atoms. The van der Waals surface area contributed by atoms with Crippen LogP contribution in [-0.4, -0.2) is 32.5 Å². The van der Waals surface area contributed by atoms with Crippen molar-refractivity contribution in [3.05, 3.63) is 33.9 Å². The van der Waals surface area contributed by atoms with Crippen LogP contribution in [0.2, 0.25) is 0 Å². The van der Waals surface area contributed by atoms with Gasteiger partial charge in [0, 0.05) is 12.6 Å². The molecule has 8 nitrogen and oxygen atoms in total. The van der Waals surface area contributed by atoms with Crippen molar-refractivity contribution >= 4 is 21.7 Å². The fourth-order valence-electron chi connectivity index (χ4n) is 1.72. The van der Waals surface area contributed by atoms with E-state index in [1.165, 1.54) is 19.1 Å². The third kappa shape index (κ3) is 4.50. The van der Waals surface area contributed by atoms with Gasteiger partial charge in [-0.2, -0.15) is 0 Å². The number of hydrogen-bond acceptors (Lipinski definition) is 6. The van der Waals surface area contributed by atoms with Crippen LogP contribution in [0.25, 0.3) is 0 Å². The number of sulfonamides is 1. The molecule has 9 heteroatoms. The highest BCUT2D eigenvalue weighted by Gasteiger charge is 2.27. The number of nitrogens with zero attached hydrogens (tertiary/aromatic N) is 1. The van der Waals surface area contributed by atoms with Crippen molar-refractivity contribution in [2.75, 3.05) is 13.2 Å². The Kier molecular flexibility index (Phi) is 5.79. The van der Waals surface area contributed by atoms with Gasteiger partial charge in [0.25, 0.3) is 5.69 Å². The van der Waals surface area contributed by atoms with E-state index in [1.54, 1.807) is 6.92 Å². The highest BCUT2D eigenvalue weighted by molar-refractivity contribution is 7.89. The van der Waals surface area contributed by atoms with Crippen molar-refractivity contribution in [1.82, 2.24) is 4.72 Å². The smallest absolute Gasteiger partial charge is 0.307 e. The molecule has 0 saturated carbocycles. The largest absolute Gasteiger partial charge is 0.466 e. The molecule has 0 fully saturated rings. The summed E-state index contributed by atoms with van der Waals surface area (Å²) >= 11 is 0. The molecule has 0 aromatic heterocycles. The maximum absolute atomic E-state index is 12.1. The lowest BCUT2D eigenvalue weighted by atomic mass is 10.2. The van der Waals surface area contributed by atoms with Gasteiger partial charge in [-0.25, -0.2) is 13.1 Å². The predicted octanol–water partition coefficient (Wildman–Crippen LogP) is 1.13. The van der Waals surface area contributed by atoms with Crippen molar-refractivity contribution in [1.29, 1.82) is 0 Å². The molecule has 0 unspecified atom stereocenters. The van der Waals surface area contributed by atoms with Gasteiger partial charge >= 0.3 is 5.97 Å². The number of ether oxygens (including phenoxy) is 1. The first-order valence-corrected chi connectivity index (χ1v) is 7.67. The molecule has 0 amide bonds. The summed E-state index contributed by atoms with van der Waals surface area (Å²) in [5.74, 6) is -0.542. The summed E-state index contributed by atoms with van der Waals surface area (Å²) in [7, 11) is -4.08. The fourth-order valence-corrected chi connectivity index (χ4v) is 3.15. The average molecular weight is 316 g/mol. The summed E-state index contributed by atoms with van der Waals surface area (Å²) in [4.78, 5) is 20.9. The Bertz CT molecular complexity index is 641. The Hall–Kier alpha value is -2.00. The summed E-state index contributed by atoms with van der Waals surface area (Å²) in [6, 6.07) is 3.99. The fraction of sp³-hybridized carbons (Fsp3) is 0.417. The molecule has 0 radical (unpaired) electrons. The van der Waals surface area contributed by atoms with Gasteiger partial charge in [-0.3, -0.25) is 14.9 Å². The lowest BCUT2D eigenvalue weighted by Gasteiger charge is -2.09. The molecule has 1 N–H and O–H groups in total. The van der Waals surface area contributed by atoms with Crippen LogP contribution in [0.1, 0.15) is 18.9 Å². The Labute approximate surface area is 122 Å². The number of esters is 1. The minimum absolute atomic E-state index is 0.146. The molecule has 0 saturated heterocycles. The van der Waals surface area contributed by atoms with Crippen LogP contribution in [0.4, 0.5) is 5.69 Å². The zero-order valence-corrected chi connectivity index (χ0v) is 12.5. The topological polar surface area (TPSA) is 116 Å². The van der Waals surface area contributed by atoms with E-state index in [0.717, 1.165) is 6.07 Å². The number of benzene rings is 1. The number of nitro benzene ring substituents is 1. The molecule has 0 spiro atoms. The van der Waals surface area contributed by atoms with Crippen molar-refractivity contribution in [2.45, 2.75) is 25.2 Å². The zero-order valence-electron chi connectivity index (χ0n) is 11.7. The van der Waals surface area contributed by atoms with Crippen molar-refractivity contribution in [3.63, 3.8) is 0 Å². The van der Waals surface area contributed by atoms with Crippen LogP contribution < -0.4 is 4.72 Å². The van der Waals surface area contributed by atoms with E-state index in [4.69, 9.17) is 0 Å². The van der Waals surface area contributed by atoms with Crippen LogP contribution in [0, 0.1) is 17.0 Å². The molecule has 116 valence electrons. The van der Waals surface area contributed by atoms with E-state index in [-0.39, 0.29) is 30.0 Å². The molecule has 0 aliphatic rings. The van der Waals surface area contributed by atoms with Gasteiger partial charge in [-0.1, -0.05) is 12.1 Å². The van der Waals surface area contributed by atoms with Gasteiger partial charge in [0.05, 0.1) is 18.0 Å². The van der Waals surface area contributed by atoms with Gasteiger partial charge in [0.15, 0.2) is 4.90 Å². The second-order valence-corrected chi connectivity index (χ2v) is 5.84.